The van der Waals surface area contributed by atoms with Crippen LogP contribution in [-0.4, -0.2) is 6.04 Å². The Morgan fingerprint density at radius 3 is 2.53 bits per heavy atom. The lowest BCUT2D eigenvalue weighted by Crippen LogP contribution is -2.18. The smallest absolute Gasteiger partial charge is 0.0545 e. The van der Waals surface area contributed by atoms with Crippen molar-refractivity contribution < 1.29 is 0 Å². The monoisotopic (exact) mass is 311 g/mol. The second kappa shape index (κ2) is 6.67. The lowest BCUT2D eigenvalue weighted by molar-refractivity contribution is 0.729. The van der Waals surface area contributed by atoms with Crippen molar-refractivity contribution in [3.05, 3.63) is 58.1 Å². The Kier molecular flexibility index (Phi) is 5.17. The van der Waals surface area contributed by atoms with E-state index in [0.29, 0.717) is 0 Å². The minimum Gasteiger partial charge on any atom is -0.328 e. The second-order valence-corrected chi connectivity index (χ2v) is 6.39. The maximum atomic E-state index is 6.19. The summed E-state index contributed by atoms with van der Waals surface area (Å²) in [5.41, 5.74) is 7.05. The average Bonchev–Trinajstić information content (AvgIpc) is 2.34. The predicted octanol–water partition coefficient (Wildman–Crippen LogP) is 5.03. The van der Waals surface area contributed by atoms with Crippen molar-refractivity contribution in [2.75, 3.05) is 0 Å². The van der Waals surface area contributed by atoms with Crippen LogP contribution in [0, 0.1) is 0 Å². The number of hydrogen-bond acceptors (Lipinski definition) is 2. The number of hydrogen-bond donors (Lipinski definition) is 1. The van der Waals surface area contributed by atoms with Crippen LogP contribution >= 0.6 is 35.0 Å². The van der Waals surface area contributed by atoms with Crippen molar-refractivity contribution in [3.63, 3.8) is 0 Å². The van der Waals surface area contributed by atoms with Gasteiger partial charge in [0.15, 0.2) is 0 Å². The molecule has 0 amide bonds. The molecular weight excluding hydrogens is 297 g/mol. The molecule has 2 aromatic rings. The molecule has 0 spiro atoms. The van der Waals surface area contributed by atoms with E-state index in [0.717, 1.165) is 31.8 Å². The molecule has 0 radical (unpaired) electrons. The molecule has 2 rings (SSSR count). The summed E-state index contributed by atoms with van der Waals surface area (Å²) in [7, 11) is 0. The van der Waals surface area contributed by atoms with Crippen LogP contribution in [0.5, 0.6) is 0 Å². The molecule has 2 aromatic carbocycles. The fraction of sp³-hybridized carbons (Fsp3) is 0.200. The second-order valence-electron chi connectivity index (χ2n) is 4.47. The van der Waals surface area contributed by atoms with E-state index in [4.69, 9.17) is 28.9 Å². The first kappa shape index (κ1) is 14.7. The molecule has 1 atom stereocenters. The fourth-order valence-corrected chi connectivity index (χ4v) is 3.20. The van der Waals surface area contributed by atoms with E-state index in [1.807, 2.05) is 49.4 Å². The molecular formula is C15H15Cl2NS. The largest absolute Gasteiger partial charge is 0.328 e. The van der Waals surface area contributed by atoms with Gasteiger partial charge < -0.3 is 5.73 Å². The molecule has 1 nitrogen and oxygen atoms in total. The quantitative estimate of drug-likeness (QED) is 0.856. The van der Waals surface area contributed by atoms with Gasteiger partial charge in [-0.05, 0) is 49.2 Å². The van der Waals surface area contributed by atoms with Crippen molar-refractivity contribution in [1.82, 2.24) is 0 Å². The molecule has 4 heteroatoms. The van der Waals surface area contributed by atoms with Crippen LogP contribution in [0.3, 0.4) is 0 Å². The molecule has 2 N–H and O–H groups in total. The van der Waals surface area contributed by atoms with Gasteiger partial charge in [0.25, 0.3) is 0 Å². The van der Waals surface area contributed by atoms with E-state index in [1.54, 1.807) is 11.8 Å². The summed E-state index contributed by atoms with van der Waals surface area (Å²) in [6.07, 6.45) is 0.799. The van der Waals surface area contributed by atoms with Crippen molar-refractivity contribution in [2.45, 2.75) is 29.2 Å². The van der Waals surface area contributed by atoms with E-state index in [2.05, 4.69) is 0 Å². The van der Waals surface area contributed by atoms with Gasteiger partial charge in [-0.2, -0.15) is 0 Å². The Bertz CT molecular complexity index is 570. The van der Waals surface area contributed by atoms with Crippen molar-refractivity contribution >= 4 is 35.0 Å². The van der Waals surface area contributed by atoms with E-state index < -0.39 is 0 Å². The van der Waals surface area contributed by atoms with E-state index >= 15 is 0 Å². The first-order chi connectivity index (χ1) is 9.06. The number of halogens is 2. The van der Waals surface area contributed by atoms with E-state index in [9.17, 15) is 0 Å². The standard InChI is InChI=1S/C15H15Cl2NS/c1-10(18)8-11-9-12(16)6-7-14(11)19-15-5-3-2-4-13(15)17/h2-7,9-10H,8,18H2,1H3. The molecule has 0 bridgehead atoms. The van der Waals surface area contributed by atoms with Crippen LogP contribution < -0.4 is 5.73 Å². The Morgan fingerprint density at radius 2 is 1.84 bits per heavy atom. The fourth-order valence-electron chi connectivity index (χ4n) is 1.80. The van der Waals surface area contributed by atoms with Crippen LogP contribution in [0.2, 0.25) is 10.0 Å². The topological polar surface area (TPSA) is 26.0 Å². The third-order valence-electron chi connectivity index (χ3n) is 2.62. The molecule has 0 aliphatic carbocycles. The van der Waals surface area contributed by atoms with Crippen LogP contribution in [0.1, 0.15) is 12.5 Å². The van der Waals surface area contributed by atoms with Gasteiger partial charge in [0.1, 0.15) is 0 Å². The van der Waals surface area contributed by atoms with Gasteiger partial charge in [-0.3, -0.25) is 0 Å². The van der Waals surface area contributed by atoms with Crippen LogP contribution in [0.25, 0.3) is 0 Å². The predicted molar refractivity (Wildman–Crippen MR) is 84.4 cm³/mol. The lowest BCUT2D eigenvalue weighted by Gasteiger charge is -2.12. The SMILES string of the molecule is CC(N)Cc1cc(Cl)ccc1Sc1ccccc1Cl. The number of rotatable bonds is 4. The molecule has 0 aliphatic rings. The summed E-state index contributed by atoms with van der Waals surface area (Å²) < 4.78 is 0. The highest BCUT2D eigenvalue weighted by Crippen LogP contribution is 2.36. The lowest BCUT2D eigenvalue weighted by atomic mass is 10.1. The molecule has 0 fully saturated rings. The molecule has 100 valence electrons. The summed E-state index contributed by atoms with van der Waals surface area (Å²) in [6, 6.07) is 13.8. The Labute approximate surface area is 128 Å². The summed E-state index contributed by atoms with van der Waals surface area (Å²) in [5.74, 6) is 0. The molecule has 0 heterocycles. The van der Waals surface area contributed by atoms with E-state index in [1.165, 1.54) is 0 Å². The summed E-state index contributed by atoms with van der Waals surface area (Å²) >= 11 is 13.9. The Hall–Kier alpha value is -0.670. The van der Waals surface area contributed by atoms with Gasteiger partial charge in [-0.25, -0.2) is 0 Å². The zero-order valence-electron chi connectivity index (χ0n) is 10.6. The highest BCUT2D eigenvalue weighted by atomic mass is 35.5. The zero-order chi connectivity index (χ0) is 13.8. The number of nitrogens with two attached hydrogens (primary N) is 1. The molecule has 0 aliphatic heterocycles. The first-order valence-corrected chi connectivity index (χ1v) is 7.60. The van der Waals surface area contributed by atoms with Crippen LogP contribution in [-0.2, 0) is 6.42 Å². The average molecular weight is 312 g/mol. The van der Waals surface area contributed by atoms with Gasteiger partial charge in [-0.1, -0.05) is 47.1 Å². The first-order valence-electron chi connectivity index (χ1n) is 6.02. The van der Waals surface area contributed by atoms with Gasteiger partial charge in [0, 0.05) is 20.9 Å². The van der Waals surface area contributed by atoms with E-state index in [-0.39, 0.29) is 6.04 Å². The normalized spacial score (nSPS) is 12.4. The zero-order valence-corrected chi connectivity index (χ0v) is 12.9. The molecule has 0 saturated carbocycles. The summed E-state index contributed by atoms with van der Waals surface area (Å²) in [6.45, 7) is 1.99. The van der Waals surface area contributed by atoms with Crippen molar-refractivity contribution in [1.29, 1.82) is 0 Å². The van der Waals surface area contributed by atoms with Gasteiger partial charge in [0.2, 0.25) is 0 Å². The molecule has 19 heavy (non-hydrogen) atoms. The minimum absolute atomic E-state index is 0.101. The molecule has 0 saturated heterocycles. The maximum absolute atomic E-state index is 6.19. The van der Waals surface area contributed by atoms with Crippen LogP contribution in [0.4, 0.5) is 0 Å². The molecule has 1 unspecified atom stereocenters. The molecule has 0 aromatic heterocycles. The van der Waals surface area contributed by atoms with Crippen molar-refractivity contribution in [3.8, 4) is 0 Å². The minimum atomic E-state index is 0.101. The third kappa shape index (κ3) is 4.15. The Morgan fingerprint density at radius 1 is 1.11 bits per heavy atom. The number of benzene rings is 2. The van der Waals surface area contributed by atoms with Crippen molar-refractivity contribution in [2.24, 2.45) is 5.73 Å². The highest BCUT2D eigenvalue weighted by molar-refractivity contribution is 7.99. The van der Waals surface area contributed by atoms with Gasteiger partial charge >= 0.3 is 0 Å². The van der Waals surface area contributed by atoms with Gasteiger partial charge in [0.05, 0.1) is 5.02 Å². The third-order valence-corrected chi connectivity index (χ3v) is 4.49. The summed E-state index contributed by atoms with van der Waals surface area (Å²) in [5, 5.41) is 1.49. The maximum Gasteiger partial charge on any atom is 0.0545 e. The Balaban J connectivity index is 2.32. The highest BCUT2D eigenvalue weighted by Gasteiger charge is 2.09. The van der Waals surface area contributed by atoms with Gasteiger partial charge in [-0.15, -0.1) is 0 Å². The summed E-state index contributed by atoms with van der Waals surface area (Å²) in [4.78, 5) is 2.19. The van der Waals surface area contributed by atoms with Crippen LogP contribution in [0.15, 0.2) is 52.3 Å².